The van der Waals surface area contributed by atoms with Crippen molar-refractivity contribution in [3.05, 3.63) is 73.3 Å². The van der Waals surface area contributed by atoms with Gasteiger partial charge in [-0.3, -0.25) is 0 Å². The second-order valence-electron chi connectivity index (χ2n) is 3.80. The van der Waals surface area contributed by atoms with Crippen LogP contribution in [0, 0.1) is 0 Å². The van der Waals surface area contributed by atoms with Gasteiger partial charge in [0.15, 0.2) is 0 Å². The molecule has 0 aliphatic heterocycles. The van der Waals surface area contributed by atoms with E-state index in [4.69, 9.17) is 0 Å². The minimum Gasteiger partial charge on any atom is -0.386 e. The zero-order valence-electron chi connectivity index (χ0n) is 11.9. The van der Waals surface area contributed by atoms with Gasteiger partial charge in [0.2, 0.25) is 5.95 Å². The van der Waals surface area contributed by atoms with Gasteiger partial charge in [-0.15, -0.1) is 0 Å². The number of nitrogens with zero attached hydrogens (tertiary/aromatic N) is 2. The molecule has 0 aliphatic carbocycles. The van der Waals surface area contributed by atoms with Gasteiger partial charge in [-0.2, -0.15) is 0 Å². The zero-order chi connectivity index (χ0) is 14.8. The first-order chi connectivity index (χ1) is 9.74. The van der Waals surface area contributed by atoms with Crippen LogP contribution in [-0.2, 0) is 0 Å². The Morgan fingerprint density at radius 1 is 1.30 bits per heavy atom. The number of nitrogens with one attached hydrogen (secondary N) is 2. The molecule has 2 N–H and O–H groups in total. The van der Waals surface area contributed by atoms with Gasteiger partial charge in [-0.25, -0.2) is 9.97 Å². The minimum atomic E-state index is 0.537. The van der Waals surface area contributed by atoms with Crippen molar-refractivity contribution in [1.29, 1.82) is 0 Å². The quantitative estimate of drug-likeness (QED) is 0.745. The third kappa shape index (κ3) is 4.57. The van der Waals surface area contributed by atoms with Crippen molar-refractivity contribution in [2.75, 3.05) is 12.4 Å². The van der Waals surface area contributed by atoms with E-state index in [2.05, 4.69) is 33.8 Å². The fraction of sp³-hybridized carbons (Fsp3) is 0.125. The van der Waals surface area contributed by atoms with Crippen LogP contribution in [0.25, 0.3) is 5.70 Å². The van der Waals surface area contributed by atoms with Crippen LogP contribution in [0.1, 0.15) is 12.6 Å². The van der Waals surface area contributed by atoms with E-state index in [9.17, 15) is 0 Å². The number of hydrogen-bond acceptors (Lipinski definition) is 4. The van der Waals surface area contributed by atoms with Crippen LogP contribution in [0.4, 0.5) is 5.95 Å². The Morgan fingerprint density at radius 3 is 2.70 bits per heavy atom. The Bertz CT molecular complexity index is 553. The molecular formula is C16H20N4. The number of aromatic nitrogens is 2. The van der Waals surface area contributed by atoms with Crippen molar-refractivity contribution < 1.29 is 0 Å². The smallest absolute Gasteiger partial charge is 0.227 e. The Kier molecular flexibility index (Phi) is 6.54. The van der Waals surface area contributed by atoms with Gasteiger partial charge in [0, 0.05) is 18.9 Å². The Morgan fingerprint density at radius 2 is 2.10 bits per heavy atom. The molecule has 0 saturated carbocycles. The van der Waals surface area contributed by atoms with Crippen molar-refractivity contribution in [3.8, 4) is 0 Å². The third-order valence-corrected chi connectivity index (χ3v) is 2.46. The molecule has 0 aliphatic rings. The highest BCUT2D eigenvalue weighted by Crippen LogP contribution is 2.11. The molecule has 0 saturated heterocycles. The SMILES string of the molecule is C=C/C=C\C(=C/C)Nc1nccc(/C(=C/C=C)NC)n1. The summed E-state index contributed by atoms with van der Waals surface area (Å²) in [6.45, 7) is 9.27. The summed E-state index contributed by atoms with van der Waals surface area (Å²) in [6.07, 6.45) is 12.7. The first kappa shape index (κ1) is 15.4. The normalized spacial score (nSPS) is 12.3. The summed E-state index contributed by atoms with van der Waals surface area (Å²) in [5.74, 6) is 0.537. The van der Waals surface area contributed by atoms with E-state index in [1.54, 1.807) is 18.3 Å². The van der Waals surface area contributed by atoms with E-state index in [0.29, 0.717) is 5.95 Å². The molecule has 1 heterocycles. The van der Waals surface area contributed by atoms with Crippen LogP contribution in [0.15, 0.2) is 67.6 Å². The molecule has 20 heavy (non-hydrogen) atoms. The second-order valence-corrected chi connectivity index (χ2v) is 3.80. The predicted octanol–water partition coefficient (Wildman–Crippen LogP) is 3.28. The molecule has 1 rings (SSSR count). The summed E-state index contributed by atoms with van der Waals surface area (Å²) in [5, 5.41) is 6.23. The van der Waals surface area contributed by atoms with Crippen LogP contribution >= 0.6 is 0 Å². The second kappa shape index (κ2) is 8.48. The first-order valence-corrected chi connectivity index (χ1v) is 6.31. The highest BCUT2D eigenvalue weighted by molar-refractivity contribution is 5.63. The van der Waals surface area contributed by atoms with Gasteiger partial charge in [0.1, 0.15) is 0 Å². The molecule has 4 nitrogen and oxygen atoms in total. The lowest BCUT2D eigenvalue weighted by Crippen LogP contribution is -2.09. The van der Waals surface area contributed by atoms with E-state index in [1.165, 1.54) is 0 Å². The zero-order valence-corrected chi connectivity index (χ0v) is 11.9. The van der Waals surface area contributed by atoms with E-state index in [1.807, 2.05) is 44.3 Å². The van der Waals surface area contributed by atoms with Crippen LogP contribution in [0.2, 0.25) is 0 Å². The van der Waals surface area contributed by atoms with Gasteiger partial charge in [-0.1, -0.05) is 37.5 Å². The molecule has 0 aromatic carbocycles. The summed E-state index contributed by atoms with van der Waals surface area (Å²) in [6, 6.07) is 1.84. The van der Waals surface area contributed by atoms with Crippen LogP contribution in [0.5, 0.6) is 0 Å². The highest BCUT2D eigenvalue weighted by Gasteiger charge is 2.03. The molecule has 1 aromatic heterocycles. The summed E-state index contributed by atoms with van der Waals surface area (Å²) in [4.78, 5) is 8.67. The Hall–Kier alpha value is -2.62. The fourth-order valence-corrected chi connectivity index (χ4v) is 1.49. The van der Waals surface area contributed by atoms with E-state index < -0.39 is 0 Å². The molecule has 0 bridgehead atoms. The Labute approximate surface area is 120 Å². The average molecular weight is 268 g/mol. The maximum atomic E-state index is 4.46. The Balaban J connectivity index is 2.98. The van der Waals surface area contributed by atoms with Crippen molar-refractivity contribution in [2.45, 2.75) is 6.92 Å². The molecule has 1 aromatic rings. The van der Waals surface area contributed by atoms with E-state index in [0.717, 1.165) is 17.1 Å². The lowest BCUT2D eigenvalue weighted by molar-refractivity contribution is 1.06. The van der Waals surface area contributed by atoms with Gasteiger partial charge in [-0.05, 0) is 25.1 Å². The lowest BCUT2D eigenvalue weighted by atomic mass is 10.3. The molecule has 0 atom stereocenters. The van der Waals surface area contributed by atoms with Crippen molar-refractivity contribution in [2.24, 2.45) is 0 Å². The van der Waals surface area contributed by atoms with Crippen molar-refractivity contribution in [1.82, 2.24) is 15.3 Å². The van der Waals surface area contributed by atoms with Crippen molar-refractivity contribution >= 4 is 11.6 Å². The predicted molar refractivity (Wildman–Crippen MR) is 86.0 cm³/mol. The average Bonchev–Trinajstić information content (AvgIpc) is 2.49. The van der Waals surface area contributed by atoms with Gasteiger partial charge in [0.25, 0.3) is 0 Å². The molecule has 0 fully saturated rings. The topological polar surface area (TPSA) is 49.8 Å². The van der Waals surface area contributed by atoms with Crippen LogP contribution < -0.4 is 10.6 Å². The highest BCUT2D eigenvalue weighted by atomic mass is 15.1. The van der Waals surface area contributed by atoms with Crippen LogP contribution in [0.3, 0.4) is 0 Å². The number of rotatable bonds is 7. The monoisotopic (exact) mass is 268 g/mol. The van der Waals surface area contributed by atoms with Gasteiger partial charge in [0.05, 0.1) is 11.4 Å². The largest absolute Gasteiger partial charge is 0.386 e. The molecule has 0 amide bonds. The van der Waals surface area contributed by atoms with Crippen molar-refractivity contribution in [3.63, 3.8) is 0 Å². The first-order valence-electron chi connectivity index (χ1n) is 6.31. The van der Waals surface area contributed by atoms with Gasteiger partial charge < -0.3 is 10.6 Å². The third-order valence-electron chi connectivity index (χ3n) is 2.46. The summed E-state index contributed by atoms with van der Waals surface area (Å²) >= 11 is 0. The molecule has 4 heteroatoms. The summed E-state index contributed by atoms with van der Waals surface area (Å²) in [7, 11) is 1.84. The maximum absolute atomic E-state index is 4.46. The lowest BCUT2D eigenvalue weighted by Gasteiger charge is -2.09. The molecule has 0 spiro atoms. The minimum absolute atomic E-state index is 0.537. The fourth-order valence-electron chi connectivity index (χ4n) is 1.49. The number of anilines is 1. The molecule has 0 unspecified atom stereocenters. The van der Waals surface area contributed by atoms with Crippen LogP contribution in [-0.4, -0.2) is 17.0 Å². The number of allylic oxidation sites excluding steroid dienone is 6. The molecule has 0 radical (unpaired) electrons. The standard InChI is InChI=1S/C16H20N4/c1-5-8-10-13(7-3)19-16-18-12-11-15(20-16)14(17-4)9-6-2/h5-12,17H,1-2H2,3-4H3,(H,18,19,20)/b10-8-,13-7+,14-9-. The summed E-state index contributed by atoms with van der Waals surface area (Å²) < 4.78 is 0. The maximum Gasteiger partial charge on any atom is 0.227 e. The summed E-state index contributed by atoms with van der Waals surface area (Å²) in [5.41, 5.74) is 2.59. The molecular weight excluding hydrogens is 248 g/mol. The number of hydrogen-bond donors (Lipinski definition) is 2. The van der Waals surface area contributed by atoms with E-state index in [-0.39, 0.29) is 0 Å². The van der Waals surface area contributed by atoms with E-state index >= 15 is 0 Å². The molecule has 104 valence electrons. The van der Waals surface area contributed by atoms with Gasteiger partial charge >= 0.3 is 0 Å².